The van der Waals surface area contributed by atoms with E-state index < -0.39 is 0 Å². The lowest BCUT2D eigenvalue weighted by Crippen LogP contribution is -2.16. The molecule has 0 heterocycles. The summed E-state index contributed by atoms with van der Waals surface area (Å²) in [7, 11) is 0. The minimum Gasteiger partial charge on any atom is -0.311 e. The molecule has 294 valence electrons. The van der Waals surface area contributed by atoms with Gasteiger partial charge in [-0.3, -0.25) is 0 Å². The van der Waals surface area contributed by atoms with E-state index in [-0.39, 0.29) is 0 Å². The maximum absolute atomic E-state index is 2.51. The molecular formula is C56H60N2. The van der Waals surface area contributed by atoms with E-state index >= 15 is 0 Å². The zero-order chi connectivity index (χ0) is 40.4. The van der Waals surface area contributed by atoms with E-state index in [1.165, 1.54) is 110 Å². The summed E-state index contributed by atoms with van der Waals surface area (Å²) in [5.74, 6) is 0. The Kier molecular flexibility index (Phi) is 13.3. The molecule has 0 aromatic heterocycles. The van der Waals surface area contributed by atoms with Gasteiger partial charge in [0.25, 0.3) is 0 Å². The molecule has 2 heteroatoms. The van der Waals surface area contributed by atoms with Gasteiger partial charge in [0.05, 0.1) is 11.4 Å². The summed E-state index contributed by atoms with van der Waals surface area (Å²) in [6.07, 6.45) is 9.07. The molecule has 2 nitrogen and oxygen atoms in total. The third-order valence-electron chi connectivity index (χ3n) is 11.7. The Labute approximate surface area is 348 Å². The number of rotatable bonds is 16. The monoisotopic (exact) mass is 760 g/mol. The predicted molar refractivity (Wildman–Crippen MR) is 252 cm³/mol. The molecule has 7 aromatic carbocycles. The summed E-state index contributed by atoms with van der Waals surface area (Å²) in [6, 6.07) is 59.0. The highest BCUT2D eigenvalue weighted by atomic mass is 15.2. The molecule has 0 aliphatic heterocycles. The molecule has 0 fully saturated rings. The van der Waals surface area contributed by atoms with Gasteiger partial charge in [0, 0.05) is 22.7 Å². The fraction of sp³-hybridized carbons (Fsp3) is 0.250. The van der Waals surface area contributed by atoms with Gasteiger partial charge in [0.1, 0.15) is 0 Å². The normalized spacial score (nSPS) is 11.1. The molecule has 0 N–H and O–H groups in total. The predicted octanol–water partition coefficient (Wildman–Crippen LogP) is 16.4. The van der Waals surface area contributed by atoms with Crippen LogP contribution in [0.2, 0.25) is 0 Å². The molecule has 0 bridgehead atoms. The molecule has 7 rings (SSSR count). The van der Waals surface area contributed by atoms with Crippen LogP contribution in [0.1, 0.15) is 86.8 Å². The van der Waals surface area contributed by atoms with Crippen LogP contribution in [0.5, 0.6) is 0 Å². The summed E-state index contributed by atoms with van der Waals surface area (Å²) in [6.45, 7) is 13.5. The molecule has 0 saturated carbocycles. The molecule has 7 aromatic rings. The first-order valence-corrected chi connectivity index (χ1v) is 21.7. The summed E-state index contributed by atoms with van der Waals surface area (Å²) in [5.41, 5.74) is 20.2. The van der Waals surface area contributed by atoms with Crippen LogP contribution in [-0.2, 0) is 25.7 Å². The number of para-hydroxylation sites is 2. The lowest BCUT2D eigenvalue weighted by molar-refractivity contribution is 0.795. The summed E-state index contributed by atoms with van der Waals surface area (Å²) < 4.78 is 0. The second-order valence-electron chi connectivity index (χ2n) is 15.8. The Balaban J connectivity index is 1.15. The largest absolute Gasteiger partial charge is 0.311 e. The Morgan fingerprint density at radius 1 is 0.345 bits per heavy atom. The molecule has 0 aliphatic rings. The fourth-order valence-electron chi connectivity index (χ4n) is 8.31. The maximum Gasteiger partial charge on any atom is 0.0522 e. The van der Waals surface area contributed by atoms with Crippen molar-refractivity contribution in [2.24, 2.45) is 0 Å². The summed E-state index contributed by atoms with van der Waals surface area (Å²) in [5, 5.41) is 0. The zero-order valence-electron chi connectivity index (χ0n) is 35.6. The zero-order valence-corrected chi connectivity index (χ0v) is 35.6. The smallest absolute Gasteiger partial charge is 0.0522 e. The van der Waals surface area contributed by atoms with Gasteiger partial charge in [0.15, 0.2) is 0 Å². The Morgan fingerprint density at radius 3 is 0.983 bits per heavy atom. The number of hydrogen-bond donors (Lipinski definition) is 0. The fourth-order valence-corrected chi connectivity index (χ4v) is 8.31. The minimum absolute atomic E-state index is 0.978. The average Bonchev–Trinajstić information content (AvgIpc) is 3.27. The number of unbranched alkanes of at least 4 members (excludes halogenated alkanes) is 2. The topological polar surface area (TPSA) is 6.48 Å². The van der Waals surface area contributed by atoms with E-state index in [1.54, 1.807) is 0 Å². The Hall–Kier alpha value is -5.86. The minimum atomic E-state index is 0.978. The standard InChI is InChI=1S/C56H60N2/c1-7-11-17-43-21-33-51(34-22-43)57(52-35-23-44(24-36-52)18-12-8-2)53-37-29-49(30-38-53)47-25-27-48(28-26-47)50-31-39-54(40-32-50)58(55-41(5)15-13-19-45(55)9-3)56-42(6)16-14-20-46(56)10-4/h13-16,19-40H,7-12,17-18H2,1-6H3. The van der Waals surface area contributed by atoms with Crippen molar-refractivity contribution in [3.63, 3.8) is 0 Å². The van der Waals surface area contributed by atoms with Crippen LogP contribution in [0.4, 0.5) is 34.1 Å². The van der Waals surface area contributed by atoms with Crippen molar-refractivity contribution in [3.05, 3.63) is 191 Å². The third-order valence-corrected chi connectivity index (χ3v) is 11.7. The van der Waals surface area contributed by atoms with Crippen LogP contribution in [0.15, 0.2) is 158 Å². The molecule has 0 spiro atoms. The highest BCUT2D eigenvalue weighted by Crippen LogP contribution is 2.43. The van der Waals surface area contributed by atoms with Gasteiger partial charge >= 0.3 is 0 Å². The van der Waals surface area contributed by atoms with Crippen LogP contribution in [0.3, 0.4) is 0 Å². The van der Waals surface area contributed by atoms with Gasteiger partial charge < -0.3 is 9.80 Å². The van der Waals surface area contributed by atoms with Crippen molar-refractivity contribution in [2.45, 2.75) is 92.9 Å². The first-order valence-electron chi connectivity index (χ1n) is 21.7. The highest BCUT2D eigenvalue weighted by Gasteiger charge is 2.22. The number of anilines is 6. The number of benzene rings is 7. The van der Waals surface area contributed by atoms with E-state index in [9.17, 15) is 0 Å². The van der Waals surface area contributed by atoms with Crippen molar-refractivity contribution in [2.75, 3.05) is 9.80 Å². The maximum atomic E-state index is 2.51. The van der Waals surface area contributed by atoms with Gasteiger partial charge in [-0.1, -0.05) is 150 Å². The molecule has 0 saturated heterocycles. The van der Waals surface area contributed by atoms with E-state index in [1.807, 2.05) is 0 Å². The van der Waals surface area contributed by atoms with Crippen molar-refractivity contribution < 1.29 is 0 Å². The summed E-state index contributed by atoms with van der Waals surface area (Å²) in [4.78, 5) is 4.89. The summed E-state index contributed by atoms with van der Waals surface area (Å²) >= 11 is 0. The quantitative estimate of drug-likeness (QED) is 0.0968. The van der Waals surface area contributed by atoms with Crippen molar-refractivity contribution in [3.8, 4) is 22.3 Å². The van der Waals surface area contributed by atoms with E-state index in [4.69, 9.17) is 0 Å². The van der Waals surface area contributed by atoms with E-state index in [2.05, 4.69) is 209 Å². The average molecular weight is 761 g/mol. The molecular weight excluding hydrogens is 701 g/mol. The van der Waals surface area contributed by atoms with Crippen molar-refractivity contribution in [1.29, 1.82) is 0 Å². The van der Waals surface area contributed by atoms with Crippen LogP contribution in [0, 0.1) is 13.8 Å². The molecule has 0 unspecified atom stereocenters. The first-order chi connectivity index (χ1) is 28.4. The molecule has 0 aliphatic carbocycles. The first kappa shape index (κ1) is 40.3. The highest BCUT2D eigenvalue weighted by molar-refractivity contribution is 5.85. The number of nitrogens with zero attached hydrogens (tertiary/aromatic N) is 2. The lowest BCUT2D eigenvalue weighted by Gasteiger charge is -2.32. The third kappa shape index (κ3) is 8.98. The SMILES string of the molecule is CCCCc1ccc(N(c2ccc(CCCC)cc2)c2ccc(-c3ccc(-c4ccc(N(c5c(C)cccc5CC)c5c(C)cccc5CC)cc4)cc3)cc2)cc1. The van der Waals surface area contributed by atoms with Gasteiger partial charge in [-0.05, 0) is 157 Å². The number of hydrogen-bond acceptors (Lipinski definition) is 2. The van der Waals surface area contributed by atoms with Gasteiger partial charge in [-0.25, -0.2) is 0 Å². The second kappa shape index (κ2) is 19.1. The van der Waals surface area contributed by atoms with Crippen molar-refractivity contribution in [1.82, 2.24) is 0 Å². The van der Waals surface area contributed by atoms with E-state index in [0.717, 1.165) is 31.4 Å². The second-order valence-corrected chi connectivity index (χ2v) is 15.8. The Morgan fingerprint density at radius 2 is 0.655 bits per heavy atom. The molecule has 0 atom stereocenters. The van der Waals surface area contributed by atoms with Crippen LogP contribution < -0.4 is 9.80 Å². The van der Waals surface area contributed by atoms with Gasteiger partial charge in [-0.15, -0.1) is 0 Å². The molecule has 58 heavy (non-hydrogen) atoms. The molecule has 0 radical (unpaired) electrons. The van der Waals surface area contributed by atoms with Gasteiger partial charge in [-0.2, -0.15) is 0 Å². The van der Waals surface area contributed by atoms with Crippen LogP contribution in [0.25, 0.3) is 22.3 Å². The van der Waals surface area contributed by atoms with Crippen molar-refractivity contribution >= 4 is 34.1 Å². The lowest BCUT2D eigenvalue weighted by atomic mass is 9.97. The van der Waals surface area contributed by atoms with Crippen LogP contribution >= 0.6 is 0 Å². The van der Waals surface area contributed by atoms with E-state index in [0.29, 0.717) is 0 Å². The van der Waals surface area contributed by atoms with Crippen LogP contribution in [-0.4, -0.2) is 0 Å². The number of aryl methyl sites for hydroxylation is 6. The molecule has 0 amide bonds. The Bertz CT molecular complexity index is 2260. The van der Waals surface area contributed by atoms with Gasteiger partial charge in [0.2, 0.25) is 0 Å².